The lowest BCUT2D eigenvalue weighted by Gasteiger charge is -2.59. The van der Waals surface area contributed by atoms with Crippen molar-refractivity contribution in [3.63, 3.8) is 0 Å². The van der Waals surface area contributed by atoms with Gasteiger partial charge in [0.1, 0.15) is 0 Å². The summed E-state index contributed by atoms with van der Waals surface area (Å²) in [5.41, 5.74) is 1.69. The number of nitrogens with one attached hydrogen (secondary N) is 1. The van der Waals surface area contributed by atoms with E-state index in [4.69, 9.17) is 14.2 Å². The number of benzene rings is 1. The molecule has 1 heterocycles. The van der Waals surface area contributed by atoms with Gasteiger partial charge in [0, 0.05) is 25.7 Å². The van der Waals surface area contributed by atoms with Gasteiger partial charge in [0.05, 0.1) is 20.3 Å². The minimum absolute atomic E-state index is 0.00880. The zero-order chi connectivity index (χ0) is 22.1. The van der Waals surface area contributed by atoms with Gasteiger partial charge in [0.15, 0.2) is 18.1 Å². The van der Waals surface area contributed by atoms with E-state index < -0.39 is 0 Å². The number of rotatable bonds is 8. The van der Waals surface area contributed by atoms with Gasteiger partial charge in [-0.15, -0.1) is 0 Å². The molecule has 0 spiro atoms. The van der Waals surface area contributed by atoms with Crippen LogP contribution in [0.25, 0.3) is 0 Å². The predicted octanol–water partition coefficient (Wildman–Crippen LogP) is 3.63. The maximum Gasteiger partial charge on any atom is 0.260 e. The Morgan fingerprint density at radius 2 is 1.78 bits per heavy atom. The van der Waals surface area contributed by atoms with Crippen molar-refractivity contribution in [3.8, 4) is 11.5 Å². The Morgan fingerprint density at radius 1 is 1.12 bits per heavy atom. The zero-order valence-corrected chi connectivity index (χ0v) is 19.6. The summed E-state index contributed by atoms with van der Waals surface area (Å²) >= 11 is 0. The third-order valence-electron chi connectivity index (χ3n) is 8.56. The number of morpholine rings is 1. The summed E-state index contributed by atoms with van der Waals surface area (Å²) in [5.74, 6) is 4.21. The molecule has 0 unspecified atom stereocenters. The van der Waals surface area contributed by atoms with Crippen molar-refractivity contribution >= 4 is 5.91 Å². The van der Waals surface area contributed by atoms with E-state index in [1.54, 1.807) is 12.0 Å². The second kappa shape index (κ2) is 9.22. The van der Waals surface area contributed by atoms with Gasteiger partial charge in [0.25, 0.3) is 5.91 Å². The van der Waals surface area contributed by atoms with Gasteiger partial charge in [-0.05, 0) is 86.3 Å². The van der Waals surface area contributed by atoms with Crippen LogP contribution in [0.5, 0.6) is 11.5 Å². The van der Waals surface area contributed by atoms with Gasteiger partial charge in [-0.3, -0.25) is 4.79 Å². The van der Waals surface area contributed by atoms with Gasteiger partial charge in [-0.25, -0.2) is 0 Å². The quantitative estimate of drug-likeness (QED) is 0.666. The monoisotopic (exact) mass is 442 g/mol. The smallest absolute Gasteiger partial charge is 0.260 e. The summed E-state index contributed by atoms with van der Waals surface area (Å²) in [6.07, 6.45) is 8.71. The van der Waals surface area contributed by atoms with Gasteiger partial charge in [-0.2, -0.15) is 0 Å². The van der Waals surface area contributed by atoms with E-state index in [-0.39, 0.29) is 12.5 Å². The third kappa shape index (κ3) is 4.49. The molecule has 1 atom stereocenters. The maximum absolute atomic E-state index is 12.4. The first kappa shape index (κ1) is 22.0. The van der Waals surface area contributed by atoms with E-state index in [0.717, 1.165) is 24.3 Å². The number of nitrogens with zero attached hydrogens (tertiary/aromatic N) is 1. The highest BCUT2D eigenvalue weighted by Gasteiger charge is 2.52. The highest BCUT2D eigenvalue weighted by atomic mass is 16.5. The molecule has 176 valence electrons. The van der Waals surface area contributed by atoms with Crippen LogP contribution >= 0.6 is 0 Å². The van der Waals surface area contributed by atoms with E-state index in [1.165, 1.54) is 44.1 Å². The molecule has 1 aromatic rings. The molecule has 5 fully saturated rings. The van der Waals surface area contributed by atoms with E-state index in [0.29, 0.717) is 49.3 Å². The van der Waals surface area contributed by atoms with Crippen LogP contribution in [-0.2, 0) is 16.1 Å². The topological polar surface area (TPSA) is 60.0 Å². The standard InChI is InChI=1S/C26H38N2O4/c1-18(26-13-20-9-21(14-26)11-22(10-20)15-26)27-16-19-3-4-23(24(12-19)30-2)32-17-25(29)28-5-7-31-8-6-28/h3-4,12,18,20-22,27H,5-11,13-17H2,1-2H3/t18-,20?,21?,22?,26?/m1/s1. The zero-order valence-electron chi connectivity index (χ0n) is 19.6. The molecule has 5 aliphatic rings. The molecule has 1 N–H and O–H groups in total. The van der Waals surface area contributed by atoms with Gasteiger partial charge in [-0.1, -0.05) is 6.07 Å². The van der Waals surface area contributed by atoms with Crippen molar-refractivity contribution < 1.29 is 19.0 Å². The second-order valence-electron chi connectivity index (χ2n) is 10.6. The fraction of sp³-hybridized carbons (Fsp3) is 0.731. The molecule has 1 aliphatic heterocycles. The minimum Gasteiger partial charge on any atom is -0.493 e. The molecule has 32 heavy (non-hydrogen) atoms. The first-order valence-electron chi connectivity index (χ1n) is 12.4. The molecule has 0 radical (unpaired) electrons. The van der Waals surface area contributed by atoms with Crippen LogP contribution < -0.4 is 14.8 Å². The third-order valence-corrected chi connectivity index (χ3v) is 8.56. The fourth-order valence-corrected chi connectivity index (χ4v) is 7.18. The highest BCUT2D eigenvalue weighted by molar-refractivity contribution is 5.78. The number of carbonyl (C=O) groups is 1. The molecule has 1 amide bonds. The second-order valence-corrected chi connectivity index (χ2v) is 10.6. The average Bonchev–Trinajstić information content (AvgIpc) is 2.80. The van der Waals surface area contributed by atoms with Gasteiger partial charge < -0.3 is 24.4 Å². The van der Waals surface area contributed by atoms with Crippen molar-refractivity contribution in [2.24, 2.45) is 23.2 Å². The molecular formula is C26H38N2O4. The molecule has 4 bridgehead atoms. The van der Waals surface area contributed by atoms with Crippen molar-refractivity contribution in [2.45, 2.75) is 58.0 Å². The largest absolute Gasteiger partial charge is 0.493 e. The van der Waals surface area contributed by atoms with E-state index in [1.807, 2.05) is 12.1 Å². The van der Waals surface area contributed by atoms with E-state index in [9.17, 15) is 4.79 Å². The molecule has 6 nitrogen and oxygen atoms in total. The van der Waals surface area contributed by atoms with Crippen molar-refractivity contribution in [2.75, 3.05) is 40.0 Å². The Kier molecular flexibility index (Phi) is 6.35. The average molecular weight is 443 g/mol. The Morgan fingerprint density at radius 3 is 2.41 bits per heavy atom. The maximum atomic E-state index is 12.4. The summed E-state index contributed by atoms with van der Waals surface area (Å²) in [4.78, 5) is 14.2. The predicted molar refractivity (Wildman–Crippen MR) is 123 cm³/mol. The number of methoxy groups -OCH3 is 1. The van der Waals surface area contributed by atoms with Crippen molar-refractivity contribution in [3.05, 3.63) is 23.8 Å². The van der Waals surface area contributed by atoms with Crippen LogP contribution in [0.15, 0.2) is 18.2 Å². The molecule has 6 heteroatoms. The Balaban J connectivity index is 1.16. The fourth-order valence-electron chi connectivity index (χ4n) is 7.18. The van der Waals surface area contributed by atoms with Crippen LogP contribution in [-0.4, -0.2) is 56.9 Å². The Bertz CT molecular complexity index is 785. The minimum atomic E-state index is -0.00880. The number of amides is 1. The molecule has 1 saturated heterocycles. The van der Waals surface area contributed by atoms with Gasteiger partial charge >= 0.3 is 0 Å². The molecule has 1 aromatic carbocycles. The van der Waals surface area contributed by atoms with E-state index in [2.05, 4.69) is 18.3 Å². The van der Waals surface area contributed by atoms with Crippen molar-refractivity contribution in [1.82, 2.24) is 10.2 Å². The number of hydrogen-bond donors (Lipinski definition) is 1. The van der Waals surface area contributed by atoms with Crippen LogP contribution in [0.2, 0.25) is 0 Å². The molecular weight excluding hydrogens is 404 g/mol. The first-order chi connectivity index (χ1) is 15.5. The first-order valence-corrected chi connectivity index (χ1v) is 12.4. The van der Waals surface area contributed by atoms with Crippen LogP contribution in [0, 0.1) is 23.2 Å². The summed E-state index contributed by atoms with van der Waals surface area (Å²) in [6, 6.07) is 6.58. The lowest BCUT2D eigenvalue weighted by molar-refractivity contribution is -0.137. The van der Waals surface area contributed by atoms with Gasteiger partial charge in [0.2, 0.25) is 0 Å². The Labute approximate surface area is 192 Å². The molecule has 4 saturated carbocycles. The molecule has 6 rings (SSSR count). The number of hydrogen-bond acceptors (Lipinski definition) is 5. The van der Waals surface area contributed by atoms with Crippen LogP contribution in [0.1, 0.15) is 51.0 Å². The highest BCUT2D eigenvalue weighted by Crippen LogP contribution is 2.61. The summed E-state index contributed by atoms with van der Waals surface area (Å²) in [6.45, 7) is 5.71. The lowest BCUT2D eigenvalue weighted by atomic mass is 9.48. The molecule has 0 aromatic heterocycles. The van der Waals surface area contributed by atoms with Crippen molar-refractivity contribution in [1.29, 1.82) is 0 Å². The van der Waals surface area contributed by atoms with Crippen LogP contribution in [0.4, 0.5) is 0 Å². The molecule has 4 aliphatic carbocycles. The number of carbonyl (C=O) groups excluding carboxylic acids is 1. The SMILES string of the molecule is COc1cc(CN[C@H](C)C23CC4CC(CC(C4)C2)C3)ccc1OCC(=O)N1CCOCC1. The normalized spacial score (nSPS) is 32.1. The summed E-state index contributed by atoms with van der Waals surface area (Å²) in [5, 5.41) is 3.85. The van der Waals surface area contributed by atoms with E-state index >= 15 is 0 Å². The lowest BCUT2D eigenvalue weighted by Crippen LogP contribution is -2.54. The Hall–Kier alpha value is -1.79. The summed E-state index contributed by atoms with van der Waals surface area (Å²) < 4.78 is 16.7. The number of ether oxygens (including phenoxy) is 3. The van der Waals surface area contributed by atoms with Crippen LogP contribution in [0.3, 0.4) is 0 Å². The summed E-state index contributed by atoms with van der Waals surface area (Å²) in [7, 11) is 1.65.